The van der Waals surface area contributed by atoms with Crippen LogP contribution in [0.2, 0.25) is 0 Å². The predicted octanol–water partition coefficient (Wildman–Crippen LogP) is 0.828. The SMILES string of the molecule is N#CC(COCc1ccccc1)C(N)=O. The minimum atomic E-state index is -0.867. The number of nitrogens with two attached hydrogens (primary N) is 1. The summed E-state index contributed by atoms with van der Waals surface area (Å²) in [6, 6.07) is 11.3. The van der Waals surface area contributed by atoms with Crippen molar-refractivity contribution >= 4 is 5.91 Å². The van der Waals surface area contributed by atoms with E-state index in [9.17, 15) is 4.79 Å². The van der Waals surface area contributed by atoms with Gasteiger partial charge in [0.15, 0.2) is 0 Å². The van der Waals surface area contributed by atoms with Gasteiger partial charge in [0.2, 0.25) is 5.91 Å². The summed E-state index contributed by atoms with van der Waals surface area (Å²) in [6.07, 6.45) is 0. The van der Waals surface area contributed by atoms with Crippen molar-refractivity contribution in [2.75, 3.05) is 6.61 Å². The Labute approximate surface area is 88.3 Å². The lowest BCUT2D eigenvalue weighted by Crippen LogP contribution is -2.25. The number of rotatable bonds is 5. The lowest BCUT2D eigenvalue weighted by atomic mass is 10.2. The molecule has 4 heteroatoms. The maximum atomic E-state index is 10.7. The van der Waals surface area contributed by atoms with Crippen LogP contribution in [-0.2, 0) is 16.1 Å². The molecule has 1 amide bonds. The van der Waals surface area contributed by atoms with Gasteiger partial charge in [-0.15, -0.1) is 0 Å². The molecule has 0 aliphatic carbocycles. The van der Waals surface area contributed by atoms with Crippen LogP contribution in [0.1, 0.15) is 5.56 Å². The third kappa shape index (κ3) is 3.79. The predicted molar refractivity (Wildman–Crippen MR) is 54.4 cm³/mol. The molecule has 1 aromatic rings. The van der Waals surface area contributed by atoms with Crippen LogP contribution in [0, 0.1) is 17.2 Å². The normalized spacial score (nSPS) is 11.7. The molecule has 0 aliphatic rings. The van der Waals surface area contributed by atoms with Gasteiger partial charge in [-0.25, -0.2) is 0 Å². The number of hydrogen-bond acceptors (Lipinski definition) is 3. The number of hydrogen-bond donors (Lipinski definition) is 1. The molecule has 1 unspecified atom stereocenters. The molecule has 0 radical (unpaired) electrons. The van der Waals surface area contributed by atoms with E-state index in [4.69, 9.17) is 15.7 Å². The molecule has 0 aliphatic heterocycles. The minimum Gasteiger partial charge on any atom is -0.375 e. The Balaban J connectivity index is 2.34. The Kier molecular flexibility index (Phi) is 4.32. The molecule has 1 atom stereocenters. The quantitative estimate of drug-likeness (QED) is 0.771. The highest BCUT2D eigenvalue weighted by atomic mass is 16.5. The molecule has 15 heavy (non-hydrogen) atoms. The fourth-order valence-electron chi connectivity index (χ4n) is 1.05. The Bertz CT molecular complexity index is 357. The summed E-state index contributed by atoms with van der Waals surface area (Å²) < 4.78 is 5.21. The van der Waals surface area contributed by atoms with Crippen molar-refractivity contribution in [3.05, 3.63) is 35.9 Å². The van der Waals surface area contributed by atoms with Crippen molar-refractivity contribution in [1.29, 1.82) is 5.26 Å². The molecule has 0 fully saturated rings. The van der Waals surface area contributed by atoms with Crippen molar-refractivity contribution in [3.8, 4) is 6.07 Å². The van der Waals surface area contributed by atoms with E-state index in [-0.39, 0.29) is 6.61 Å². The molecule has 0 aromatic heterocycles. The largest absolute Gasteiger partial charge is 0.375 e. The molecule has 1 aromatic carbocycles. The molecule has 0 bridgehead atoms. The molecular weight excluding hydrogens is 192 g/mol. The fraction of sp³-hybridized carbons (Fsp3) is 0.273. The average molecular weight is 204 g/mol. The summed E-state index contributed by atoms with van der Waals surface area (Å²) in [5.41, 5.74) is 5.98. The van der Waals surface area contributed by atoms with Crippen molar-refractivity contribution in [3.63, 3.8) is 0 Å². The van der Waals surface area contributed by atoms with Crippen LogP contribution < -0.4 is 5.73 Å². The molecule has 0 saturated carbocycles. The molecular formula is C11H12N2O2. The second kappa shape index (κ2) is 5.78. The second-order valence-corrected chi connectivity index (χ2v) is 3.08. The van der Waals surface area contributed by atoms with Crippen molar-refractivity contribution < 1.29 is 9.53 Å². The van der Waals surface area contributed by atoms with Crippen LogP contribution in [0.25, 0.3) is 0 Å². The third-order valence-corrected chi connectivity index (χ3v) is 1.90. The first-order valence-corrected chi connectivity index (χ1v) is 4.54. The monoisotopic (exact) mass is 204 g/mol. The summed E-state index contributed by atoms with van der Waals surface area (Å²) in [5, 5.41) is 8.56. The summed E-state index contributed by atoms with van der Waals surface area (Å²) >= 11 is 0. The Morgan fingerprint density at radius 2 is 2.13 bits per heavy atom. The van der Waals surface area contributed by atoms with Gasteiger partial charge in [-0.3, -0.25) is 4.79 Å². The number of carbonyl (C=O) groups is 1. The zero-order valence-corrected chi connectivity index (χ0v) is 8.22. The second-order valence-electron chi connectivity index (χ2n) is 3.08. The lowest BCUT2D eigenvalue weighted by Gasteiger charge is -2.06. The average Bonchev–Trinajstić information content (AvgIpc) is 2.25. The molecule has 0 heterocycles. The highest BCUT2D eigenvalue weighted by molar-refractivity contribution is 5.79. The van der Waals surface area contributed by atoms with Crippen LogP contribution in [-0.4, -0.2) is 12.5 Å². The van der Waals surface area contributed by atoms with Crippen LogP contribution in [0.3, 0.4) is 0 Å². The van der Waals surface area contributed by atoms with Gasteiger partial charge in [0.1, 0.15) is 5.92 Å². The summed E-state index contributed by atoms with van der Waals surface area (Å²) in [6.45, 7) is 0.424. The minimum absolute atomic E-state index is 0.0424. The smallest absolute Gasteiger partial charge is 0.237 e. The standard InChI is InChI=1S/C11H12N2O2/c12-6-10(11(13)14)8-15-7-9-4-2-1-3-5-9/h1-5,10H,7-8H2,(H2,13,14). The van der Waals surface area contributed by atoms with E-state index in [0.717, 1.165) is 5.56 Å². The molecule has 78 valence electrons. The summed E-state index contributed by atoms with van der Waals surface area (Å²) in [5.74, 6) is -1.51. The van der Waals surface area contributed by atoms with Crippen molar-refractivity contribution in [2.24, 2.45) is 11.7 Å². The number of benzene rings is 1. The van der Waals surface area contributed by atoms with Gasteiger partial charge in [-0.2, -0.15) is 5.26 Å². The maximum Gasteiger partial charge on any atom is 0.237 e. The van der Waals surface area contributed by atoms with Gasteiger partial charge >= 0.3 is 0 Å². The Hall–Kier alpha value is -1.86. The molecule has 2 N–H and O–H groups in total. The topological polar surface area (TPSA) is 76.1 Å². The molecule has 4 nitrogen and oxygen atoms in total. The zero-order valence-electron chi connectivity index (χ0n) is 8.22. The number of nitriles is 1. The van der Waals surface area contributed by atoms with Crippen LogP contribution >= 0.6 is 0 Å². The van der Waals surface area contributed by atoms with Gasteiger partial charge in [0, 0.05) is 0 Å². The highest BCUT2D eigenvalue weighted by Gasteiger charge is 2.13. The lowest BCUT2D eigenvalue weighted by molar-refractivity contribution is -0.121. The van der Waals surface area contributed by atoms with E-state index >= 15 is 0 Å². The van der Waals surface area contributed by atoms with Gasteiger partial charge < -0.3 is 10.5 Å². The molecule has 1 rings (SSSR count). The van der Waals surface area contributed by atoms with Crippen LogP contribution in [0.4, 0.5) is 0 Å². The van der Waals surface area contributed by atoms with Crippen LogP contribution in [0.5, 0.6) is 0 Å². The number of primary amides is 1. The van der Waals surface area contributed by atoms with Crippen molar-refractivity contribution in [2.45, 2.75) is 6.61 Å². The number of amides is 1. The van der Waals surface area contributed by atoms with E-state index in [1.807, 2.05) is 30.3 Å². The summed E-state index contributed by atoms with van der Waals surface area (Å²) in [4.78, 5) is 10.7. The first-order valence-electron chi connectivity index (χ1n) is 4.54. The third-order valence-electron chi connectivity index (χ3n) is 1.90. The highest BCUT2D eigenvalue weighted by Crippen LogP contribution is 2.02. The number of carbonyl (C=O) groups excluding carboxylic acids is 1. The van der Waals surface area contributed by atoms with Gasteiger partial charge in [-0.05, 0) is 5.56 Å². The van der Waals surface area contributed by atoms with Gasteiger partial charge in [-0.1, -0.05) is 30.3 Å². The first kappa shape index (κ1) is 11.2. The van der Waals surface area contributed by atoms with E-state index in [2.05, 4.69) is 0 Å². The Morgan fingerprint density at radius 1 is 1.47 bits per heavy atom. The molecule has 0 spiro atoms. The van der Waals surface area contributed by atoms with E-state index < -0.39 is 11.8 Å². The van der Waals surface area contributed by atoms with E-state index in [1.54, 1.807) is 6.07 Å². The number of nitrogens with zero attached hydrogens (tertiary/aromatic N) is 1. The Morgan fingerprint density at radius 3 is 2.67 bits per heavy atom. The van der Waals surface area contributed by atoms with Gasteiger partial charge in [0.25, 0.3) is 0 Å². The fourth-order valence-corrected chi connectivity index (χ4v) is 1.05. The summed E-state index contributed by atoms with van der Waals surface area (Å²) in [7, 11) is 0. The maximum absolute atomic E-state index is 10.7. The number of ether oxygens (including phenoxy) is 1. The van der Waals surface area contributed by atoms with E-state index in [1.165, 1.54) is 0 Å². The van der Waals surface area contributed by atoms with E-state index in [0.29, 0.717) is 6.61 Å². The first-order chi connectivity index (χ1) is 7.24. The van der Waals surface area contributed by atoms with Crippen LogP contribution in [0.15, 0.2) is 30.3 Å². The van der Waals surface area contributed by atoms with Crippen molar-refractivity contribution in [1.82, 2.24) is 0 Å². The molecule has 0 saturated heterocycles. The van der Waals surface area contributed by atoms with Gasteiger partial charge in [0.05, 0.1) is 19.3 Å². The zero-order chi connectivity index (χ0) is 11.1.